The number of hydrogen-bond donors (Lipinski definition) is 1. The topological polar surface area (TPSA) is 90.7 Å². The lowest BCUT2D eigenvalue weighted by molar-refractivity contribution is -0.139. The number of carbonyl (C=O) groups excluding carboxylic acids is 1. The van der Waals surface area contributed by atoms with Gasteiger partial charge in [0.05, 0.1) is 6.20 Å². The van der Waals surface area contributed by atoms with Crippen molar-refractivity contribution in [2.45, 2.75) is 32.2 Å². The van der Waals surface area contributed by atoms with Crippen molar-refractivity contribution in [3.8, 4) is 17.0 Å². The van der Waals surface area contributed by atoms with Gasteiger partial charge < -0.3 is 14.6 Å². The molecule has 2 aromatic rings. The van der Waals surface area contributed by atoms with Crippen LogP contribution in [0.2, 0.25) is 4.34 Å². The van der Waals surface area contributed by atoms with Crippen molar-refractivity contribution in [1.82, 2.24) is 9.55 Å². The van der Waals surface area contributed by atoms with Gasteiger partial charge in [-0.25, -0.2) is 9.78 Å². The number of rotatable bonds is 5. The summed E-state index contributed by atoms with van der Waals surface area (Å²) in [5.74, 6) is 4.93. The Morgan fingerprint density at radius 1 is 1.48 bits per heavy atom. The molecular weight excluding hydrogens is 416 g/mol. The van der Waals surface area contributed by atoms with Gasteiger partial charge in [-0.1, -0.05) is 34.8 Å². The number of thiazole rings is 1. The van der Waals surface area contributed by atoms with Crippen molar-refractivity contribution >= 4 is 28.9 Å². The highest BCUT2D eigenvalue weighted by Crippen LogP contribution is 2.30. The summed E-state index contributed by atoms with van der Waals surface area (Å²) in [6.07, 6.45) is 3.51. The van der Waals surface area contributed by atoms with Gasteiger partial charge in [0.15, 0.2) is 0 Å². The van der Waals surface area contributed by atoms with Crippen LogP contribution in [-0.2, 0) is 9.53 Å². The monoisotopic (exact) mass is 436 g/mol. The SMILES string of the molecule is Cc1cc(C#CCO)cc(=O)n1C(CC1CCOCC1)C(=O)Oc1ncc(Cl)s1. The Labute approximate surface area is 177 Å². The molecule has 2 aromatic heterocycles. The van der Waals surface area contributed by atoms with E-state index in [0.717, 1.165) is 24.2 Å². The van der Waals surface area contributed by atoms with E-state index >= 15 is 0 Å². The lowest BCUT2D eigenvalue weighted by Crippen LogP contribution is -2.35. The first-order valence-corrected chi connectivity index (χ1v) is 10.4. The summed E-state index contributed by atoms with van der Waals surface area (Å²) in [6.45, 7) is 2.73. The number of pyridine rings is 1. The molecule has 1 saturated heterocycles. The second-order valence-corrected chi connectivity index (χ2v) is 8.34. The molecule has 0 saturated carbocycles. The van der Waals surface area contributed by atoms with E-state index in [9.17, 15) is 9.59 Å². The number of carbonyl (C=O) groups is 1. The normalized spacial score (nSPS) is 15.4. The molecule has 3 heterocycles. The minimum Gasteiger partial charge on any atom is -0.396 e. The maximum absolute atomic E-state index is 13.0. The standard InChI is InChI=1S/C20H21ClN2O5S/c1-13-9-15(3-2-6-24)11-18(25)23(13)16(10-14-4-7-27-8-5-14)19(26)28-20-22-12-17(21)29-20/h9,11-12,14,16,24H,4-8,10H2,1H3. The lowest BCUT2D eigenvalue weighted by Gasteiger charge is -2.27. The number of esters is 1. The molecule has 0 spiro atoms. The fraction of sp³-hybridized carbons (Fsp3) is 0.450. The molecule has 9 heteroatoms. The second-order valence-electron chi connectivity index (χ2n) is 6.71. The third kappa shape index (κ3) is 5.67. The van der Waals surface area contributed by atoms with E-state index < -0.39 is 12.0 Å². The minimum atomic E-state index is -0.798. The molecule has 7 nitrogen and oxygen atoms in total. The Balaban J connectivity index is 1.93. The highest BCUT2D eigenvalue weighted by Gasteiger charge is 2.30. The van der Waals surface area contributed by atoms with Crippen molar-refractivity contribution < 1.29 is 19.4 Å². The van der Waals surface area contributed by atoms with Crippen LogP contribution in [0.5, 0.6) is 5.19 Å². The molecule has 0 bridgehead atoms. The molecule has 1 aliphatic rings. The van der Waals surface area contributed by atoms with Crippen LogP contribution in [0.4, 0.5) is 0 Å². The molecule has 1 atom stereocenters. The van der Waals surface area contributed by atoms with Crippen LogP contribution in [0.15, 0.2) is 23.1 Å². The summed E-state index contributed by atoms with van der Waals surface area (Å²) >= 11 is 6.93. The fourth-order valence-corrected chi connectivity index (χ4v) is 4.12. The molecule has 0 radical (unpaired) electrons. The largest absolute Gasteiger partial charge is 0.396 e. The highest BCUT2D eigenvalue weighted by atomic mass is 35.5. The van der Waals surface area contributed by atoms with Crippen LogP contribution >= 0.6 is 22.9 Å². The van der Waals surface area contributed by atoms with Crippen molar-refractivity contribution in [3.63, 3.8) is 0 Å². The smallest absolute Gasteiger partial charge is 0.336 e. The number of aliphatic hydroxyl groups is 1. The Bertz CT molecular complexity index is 985. The number of aryl methyl sites for hydroxylation is 1. The van der Waals surface area contributed by atoms with E-state index in [4.69, 9.17) is 26.2 Å². The van der Waals surface area contributed by atoms with Crippen LogP contribution in [0, 0.1) is 24.7 Å². The minimum absolute atomic E-state index is 0.146. The van der Waals surface area contributed by atoms with Crippen LogP contribution in [0.3, 0.4) is 0 Å². The zero-order valence-corrected chi connectivity index (χ0v) is 17.5. The van der Waals surface area contributed by atoms with Gasteiger partial charge in [-0.3, -0.25) is 9.36 Å². The van der Waals surface area contributed by atoms with Crippen LogP contribution in [0.25, 0.3) is 0 Å². The molecule has 1 N–H and O–H groups in total. The maximum atomic E-state index is 13.0. The fourth-order valence-electron chi connectivity index (χ4n) is 3.37. The Kier molecular flexibility index (Phi) is 7.45. The summed E-state index contributed by atoms with van der Waals surface area (Å²) < 4.78 is 12.7. The molecule has 1 aliphatic heterocycles. The Morgan fingerprint density at radius 2 is 2.24 bits per heavy atom. The van der Waals surface area contributed by atoms with Gasteiger partial charge in [0.1, 0.15) is 17.0 Å². The summed E-state index contributed by atoms with van der Waals surface area (Å²) in [7, 11) is 0. The highest BCUT2D eigenvalue weighted by molar-refractivity contribution is 7.17. The van der Waals surface area contributed by atoms with Crippen molar-refractivity contribution in [3.05, 3.63) is 44.3 Å². The molecule has 0 aliphatic carbocycles. The zero-order chi connectivity index (χ0) is 20.8. The number of aromatic nitrogens is 2. The average molecular weight is 437 g/mol. The van der Waals surface area contributed by atoms with Gasteiger partial charge in [0.2, 0.25) is 0 Å². The summed E-state index contributed by atoms with van der Waals surface area (Å²) in [6, 6.07) is 2.28. The Morgan fingerprint density at radius 3 is 2.86 bits per heavy atom. The Hall–Kier alpha value is -2.18. The van der Waals surface area contributed by atoms with Gasteiger partial charge in [0.25, 0.3) is 10.8 Å². The first-order valence-electron chi connectivity index (χ1n) is 9.21. The lowest BCUT2D eigenvalue weighted by atomic mass is 9.92. The van der Waals surface area contributed by atoms with Crippen molar-refractivity contribution in [1.29, 1.82) is 0 Å². The molecule has 1 fully saturated rings. The molecule has 3 rings (SSSR count). The number of aliphatic hydroxyl groups excluding tert-OH is 1. The number of ether oxygens (including phenoxy) is 2. The third-order valence-electron chi connectivity index (χ3n) is 4.70. The number of halogens is 1. The molecular formula is C20H21ClN2O5S. The quantitative estimate of drug-likeness (QED) is 0.572. The number of nitrogens with zero attached hydrogens (tertiary/aromatic N) is 2. The van der Waals surface area contributed by atoms with Crippen LogP contribution < -0.4 is 10.3 Å². The summed E-state index contributed by atoms with van der Waals surface area (Å²) in [5.41, 5.74) is 0.729. The molecule has 0 aromatic carbocycles. The molecule has 154 valence electrons. The van der Waals surface area contributed by atoms with E-state index in [-0.39, 0.29) is 23.3 Å². The van der Waals surface area contributed by atoms with Gasteiger partial charge >= 0.3 is 5.97 Å². The van der Waals surface area contributed by atoms with E-state index in [1.54, 1.807) is 13.0 Å². The van der Waals surface area contributed by atoms with Gasteiger partial charge in [-0.15, -0.1) is 0 Å². The van der Waals surface area contributed by atoms with Gasteiger partial charge in [-0.2, -0.15) is 0 Å². The van der Waals surface area contributed by atoms with E-state index in [1.165, 1.54) is 16.8 Å². The molecule has 29 heavy (non-hydrogen) atoms. The predicted molar refractivity (Wildman–Crippen MR) is 109 cm³/mol. The predicted octanol–water partition coefficient (Wildman–Crippen LogP) is 2.57. The summed E-state index contributed by atoms with van der Waals surface area (Å²) in [5, 5.41) is 9.01. The van der Waals surface area contributed by atoms with Gasteiger partial charge in [0, 0.05) is 30.5 Å². The summed E-state index contributed by atoms with van der Waals surface area (Å²) in [4.78, 5) is 29.8. The van der Waals surface area contributed by atoms with E-state index in [0.29, 0.717) is 35.2 Å². The average Bonchev–Trinajstić information content (AvgIpc) is 3.10. The zero-order valence-electron chi connectivity index (χ0n) is 15.9. The first-order chi connectivity index (χ1) is 14.0. The molecule has 0 amide bonds. The van der Waals surface area contributed by atoms with E-state index in [1.807, 2.05) is 0 Å². The second kappa shape index (κ2) is 10.0. The van der Waals surface area contributed by atoms with E-state index in [2.05, 4.69) is 16.8 Å². The first kappa shape index (κ1) is 21.5. The third-order valence-corrected chi connectivity index (χ3v) is 5.69. The molecule has 1 unspecified atom stereocenters. The van der Waals surface area contributed by atoms with Crippen molar-refractivity contribution in [2.75, 3.05) is 19.8 Å². The maximum Gasteiger partial charge on any atom is 0.336 e. The van der Waals surface area contributed by atoms with Crippen molar-refractivity contribution in [2.24, 2.45) is 5.92 Å². The van der Waals surface area contributed by atoms with Crippen LogP contribution in [0.1, 0.15) is 36.6 Å². The van der Waals surface area contributed by atoms with Crippen LogP contribution in [-0.4, -0.2) is 40.4 Å². The number of hydrogen-bond acceptors (Lipinski definition) is 7. The van der Waals surface area contributed by atoms with Gasteiger partial charge in [-0.05, 0) is 38.2 Å².